The van der Waals surface area contributed by atoms with E-state index in [0.717, 1.165) is 17.9 Å². The number of hydrogen-bond donors (Lipinski definition) is 1. The number of likely N-dealkylation sites (N-methyl/N-ethyl adjacent to an activating group) is 1. The zero-order chi connectivity index (χ0) is 15.9. The molecule has 1 aliphatic rings. The van der Waals surface area contributed by atoms with Gasteiger partial charge in [-0.3, -0.25) is 0 Å². The fraction of sp³-hybridized carbons (Fsp3) is 0.667. The van der Waals surface area contributed by atoms with Crippen molar-refractivity contribution in [1.29, 1.82) is 0 Å². The predicted molar refractivity (Wildman–Crippen MR) is 93.5 cm³/mol. The Balaban J connectivity index is 1.74. The maximum Gasteiger partial charge on any atom is 0.142 e. The Labute approximate surface area is 135 Å². The summed E-state index contributed by atoms with van der Waals surface area (Å²) in [5, 5.41) is 0. The molecule has 0 atom stereocenters. The van der Waals surface area contributed by atoms with Crippen molar-refractivity contribution < 1.29 is 4.74 Å². The number of ether oxygens (including phenoxy) is 1. The van der Waals surface area contributed by atoms with Crippen molar-refractivity contribution in [3.8, 4) is 5.75 Å². The topological polar surface area (TPSA) is 41.7 Å². The summed E-state index contributed by atoms with van der Waals surface area (Å²) in [5.74, 6) is 0.800. The monoisotopic (exact) mass is 305 g/mol. The minimum absolute atomic E-state index is 0.162. The van der Waals surface area contributed by atoms with Crippen molar-refractivity contribution in [2.45, 2.75) is 39.7 Å². The summed E-state index contributed by atoms with van der Waals surface area (Å²) >= 11 is 0. The molecular formula is C18H31N3O. The van der Waals surface area contributed by atoms with E-state index in [0.29, 0.717) is 0 Å². The van der Waals surface area contributed by atoms with Crippen molar-refractivity contribution in [1.82, 2.24) is 9.80 Å². The number of piperazine rings is 1. The Hall–Kier alpha value is -1.26. The van der Waals surface area contributed by atoms with Crippen LogP contribution < -0.4 is 10.5 Å². The molecule has 0 bridgehead atoms. The van der Waals surface area contributed by atoms with Crippen molar-refractivity contribution >= 4 is 5.69 Å². The van der Waals surface area contributed by atoms with E-state index in [4.69, 9.17) is 10.5 Å². The minimum Gasteiger partial charge on any atom is -0.489 e. The first kappa shape index (κ1) is 17.1. The third-order valence-electron chi connectivity index (χ3n) is 4.29. The summed E-state index contributed by atoms with van der Waals surface area (Å²) in [7, 11) is 0. The van der Waals surface area contributed by atoms with Crippen molar-refractivity contribution in [3.05, 3.63) is 23.8 Å². The van der Waals surface area contributed by atoms with E-state index in [1.807, 2.05) is 19.9 Å². The number of aryl methyl sites for hydroxylation is 1. The Kier molecular flexibility index (Phi) is 6.52. The summed E-state index contributed by atoms with van der Waals surface area (Å²) in [5.41, 5.74) is 8.13. The van der Waals surface area contributed by atoms with Gasteiger partial charge in [0.25, 0.3) is 0 Å². The van der Waals surface area contributed by atoms with Crippen LogP contribution in [0.1, 0.15) is 32.8 Å². The maximum absolute atomic E-state index is 6.07. The molecule has 1 heterocycles. The molecule has 0 saturated carbocycles. The molecule has 4 heteroatoms. The van der Waals surface area contributed by atoms with Crippen molar-refractivity contribution in [3.63, 3.8) is 0 Å². The van der Waals surface area contributed by atoms with E-state index in [2.05, 4.69) is 28.9 Å². The summed E-state index contributed by atoms with van der Waals surface area (Å²) in [6, 6.07) is 6.21. The molecule has 0 spiro atoms. The molecule has 1 saturated heterocycles. The molecule has 1 aliphatic heterocycles. The van der Waals surface area contributed by atoms with Crippen molar-refractivity contribution in [2.75, 3.05) is 45.0 Å². The third kappa shape index (κ3) is 5.18. The molecule has 0 aliphatic carbocycles. The van der Waals surface area contributed by atoms with Crippen LogP contribution in [0.5, 0.6) is 5.75 Å². The molecule has 2 rings (SSSR count). The van der Waals surface area contributed by atoms with Gasteiger partial charge in [-0.25, -0.2) is 0 Å². The van der Waals surface area contributed by atoms with E-state index >= 15 is 0 Å². The van der Waals surface area contributed by atoms with Crippen molar-refractivity contribution in [2.24, 2.45) is 0 Å². The number of nitrogens with two attached hydrogens (primary N) is 1. The van der Waals surface area contributed by atoms with Crippen LogP contribution in [-0.2, 0) is 6.42 Å². The van der Waals surface area contributed by atoms with E-state index < -0.39 is 0 Å². The molecule has 1 fully saturated rings. The number of rotatable bonds is 7. The van der Waals surface area contributed by atoms with Gasteiger partial charge in [-0.05, 0) is 57.5 Å². The minimum atomic E-state index is 0.162. The van der Waals surface area contributed by atoms with Crippen LogP contribution >= 0.6 is 0 Å². The highest BCUT2D eigenvalue weighted by molar-refractivity contribution is 5.54. The average Bonchev–Trinajstić information content (AvgIpc) is 2.50. The second kappa shape index (κ2) is 8.39. The van der Waals surface area contributed by atoms with Crippen LogP contribution in [0.3, 0.4) is 0 Å². The lowest BCUT2D eigenvalue weighted by molar-refractivity contribution is 0.136. The van der Waals surface area contributed by atoms with E-state index in [9.17, 15) is 0 Å². The summed E-state index contributed by atoms with van der Waals surface area (Å²) in [4.78, 5) is 5.09. The van der Waals surface area contributed by atoms with E-state index in [-0.39, 0.29) is 6.10 Å². The van der Waals surface area contributed by atoms with Gasteiger partial charge in [0.15, 0.2) is 0 Å². The fourth-order valence-electron chi connectivity index (χ4n) is 2.95. The van der Waals surface area contributed by atoms with E-state index in [1.165, 1.54) is 51.3 Å². The Bertz CT molecular complexity index is 454. The van der Waals surface area contributed by atoms with Gasteiger partial charge in [0.1, 0.15) is 5.75 Å². The molecule has 2 N–H and O–H groups in total. The third-order valence-corrected chi connectivity index (χ3v) is 4.29. The van der Waals surface area contributed by atoms with Gasteiger partial charge in [0.05, 0.1) is 11.8 Å². The lowest BCUT2D eigenvalue weighted by atomic mass is 10.1. The molecule has 1 aromatic rings. The van der Waals surface area contributed by atoms with Gasteiger partial charge in [-0.1, -0.05) is 13.0 Å². The quantitative estimate of drug-likeness (QED) is 0.786. The van der Waals surface area contributed by atoms with Crippen LogP contribution in [0.2, 0.25) is 0 Å². The lowest BCUT2D eigenvalue weighted by Crippen LogP contribution is -2.46. The molecule has 22 heavy (non-hydrogen) atoms. The number of hydrogen-bond acceptors (Lipinski definition) is 4. The standard InChI is InChI=1S/C18H31N3O/c1-4-20-10-12-21(13-11-20)9-5-6-16-7-8-18(17(19)14-16)22-15(2)3/h7-8,14-15H,4-6,9-13,19H2,1-3H3. The van der Waals surface area contributed by atoms with Crippen LogP contribution in [0.4, 0.5) is 5.69 Å². The Morgan fingerprint density at radius 1 is 1.14 bits per heavy atom. The normalized spacial score (nSPS) is 17.1. The first-order valence-electron chi connectivity index (χ1n) is 8.58. The summed E-state index contributed by atoms with van der Waals surface area (Å²) in [6.45, 7) is 13.5. The fourth-order valence-corrected chi connectivity index (χ4v) is 2.95. The number of benzene rings is 1. The highest BCUT2D eigenvalue weighted by atomic mass is 16.5. The van der Waals surface area contributed by atoms with Gasteiger partial charge in [0.2, 0.25) is 0 Å². The van der Waals surface area contributed by atoms with Gasteiger partial charge in [-0.2, -0.15) is 0 Å². The Morgan fingerprint density at radius 3 is 2.41 bits per heavy atom. The number of nitrogen functional groups attached to an aromatic ring is 1. The van der Waals surface area contributed by atoms with Crippen LogP contribution in [-0.4, -0.2) is 55.2 Å². The largest absolute Gasteiger partial charge is 0.489 e. The molecule has 0 radical (unpaired) electrons. The Morgan fingerprint density at radius 2 is 1.82 bits per heavy atom. The van der Waals surface area contributed by atoms with Gasteiger partial charge >= 0.3 is 0 Å². The van der Waals surface area contributed by atoms with Crippen LogP contribution in [0.25, 0.3) is 0 Å². The van der Waals surface area contributed by atoms with E-state index in [1.54, 1.807) is 0 Å². The van der Waals surface area contributed by atoms with Gasteiger partial charge in [-0.15, -0.1) is 0 Å². The lowest BCUT2D eigenvalue weighted by Gasteiger charge is -2.34. The SMILES string of the molecule is CCN1CCN(CCCc2ccc(OC(C)C)c(N)c2)CC1. The first-order valence-corrected chi connectivity index (χ1v) is 8.58. The highest BCUT2D eigenvalue weighted by Crippen LogP contribution is 2.24. The molecule has 124 valence electrons. The summed E-state index contributed by atoms with van der Waals surface area (Å²) < 4.78 is 5.68. The van der Waals surface area contributed by atoms with Gasteiger partial charge < -0.3 is 20.3 Å². The summed E-state index contributed by atoms with van der Waals surface area (Å²) in [6.07, 6.45) is 2.44. The zero-order valence-electron chi connectivity index (χ0n) is 14.3. The molecule has 0 aromatic heterocycles. The molecule has 4 nitrogen and oxygen atoms in total. The molecular weight excluding hydrogens is 274 g/mol. The second-order valence-electron chi connectivity index (χ2n) is 6.42. The zero-order valence-corrected chi connectivity index (χ0v) is 14.3. The number of nitrogens with zero attached hydrogens (tertiary/aromatic N) is 2. The van der Waals surface area contributed by atoms with Crippen LogP contribution in [0, 0.1) is 0 Å². The van der Waals surface area contributed by atoms with Crippen LogP contribution in [0.15, 0.2) is 18.2 Å². The number of anilines is 1. The maximum atomic E-state index is 6.07. The molecule has 1 aromatic carbocycles. The average molecular weight is 305 g/mol. The molecule has 0 unspecified atom stereocenters. The second-order valence-corrected chi connectivity index (χ2v) is 6.42. The highest BCUT2D eigenvalue weighted by Gasteiger charge is 2.14. The first-order chi connectivity index (χ1) is 10.6. The van der Waals surface area contributed by atoms with Gasteiger partial charge in [0, 0.05) is 26.2 Å². The molecule has 0 amide bonds. The smallest absolute Gasteiger partial charge is 0.142 e. The predicted octanol–water partition coefficient (Wildman–Crippen LogP) is 2.63.